The van der Waals surface area contributed by atoms with Crippen LogP contribution in [0.4, 0.5) is 0 Å². The van der Waals surface area contributed by atoms with Crippen LogP contribution in [0.1, 0.15) is 21.5 Å². The zero-order valence-electron chi connectivity index (χ0n) is 12.2. The first kappa shape index (κ1) is 15.5. The van der Waals surface area contributed by atoms with Gasteiger partial charge < -0.3 is 19.6 Å². The number of aromatic hydroxyl groups is 1. The Morgan fingerprint density at radius 1 is 1.11 bits per heavy atom. The molecule has 1 N–H and O–H groups in total. The van der Waals surface area contributed by atoms with Gasteiger partial charge in [-0.25, -0.2) is 4.79 Å². The van der Waals surface area contributed by atoms with Crippen LogP contribution in [0.2, 0.25) is 0 Å². The van der Waals surface area contributed by atoms with E-state index in [1.165, 1.54) is 7.11 Å². The van der Waals surface area contributed by atoms with Crippen molar-refractivity contribution in [2.75, 3.05) is 35.3 Å². The second-order valence-electron chi connectivity index (χ2n) is 5.11. The summed E-state index contributed by atoms with van der Waals surface area (Å²) in [5.74, 6) is -0.143. The lowest BCUT2D eigenvalue weighted by atomic mass is 10.0. The van der Waals surface area contributed by atoms with E-state index < -0.39 is 0 Å². The number of carbonyl (C=O) groups is 1. The second-order valence-corrected chi connectivity index (χ2v) is 5.11. The third-order valence-electron chi connectivity index (χ3n) is 2.66. The van der Waals surface area contributed by atoms with Gasteiger partial charge in [-0.05, 0) is 40.3 Å². The molecule has 0 saturated heterocycles. The first-order chi connectivity index (χ1) is 8.85. The highest BCUT2D eigenvalue weighted by molar-refractivity contribution is 5.90. The van der Waals surface area contributed by atoms with Crippen molar-refractivity contribution in [1.29, 1.82) is 0 Å². The van der Waals surface area contributed by atoms with Crippen LogP contribution in [0.3, 0.4) is 0 Å². The molecule has 0 unspecified atom stereocenters. The van der Waals surface area contributed by atoms with E-state index in [2.05, 4.69) is 0 Å². The fourth-order valence-corrected chi connectivity index (χ4v) is 1.92. The van der Waals surface area contributed by atoms with E-state index in [1.54, 1.807) is 12.1 Å². The molecule has 0 atom stereocenters. The average Bonchev–Trinajstić information content (AvgIpc) is 2.31. The summed E-state index contributed by atoms with van der Waals surface area (Å²) >= 11 is 0. The van der Waals surface area contributed by atoms with E-state index in [0.717, 1.165) is 11.1 Å². The topological polar surface area (TPSA) is 53.0 Å². The third-order valence-corrected chi connectivity index (χ3v) is 2.66. The molecule has 5 heteroatoms. The molecule has 0 heterocycles. The number of esters is 1. The Hall–Kier alpha value is -1.59. The van der Waals surface area contributed by atoms with Crippen molar-refractivity contribution in [3.8, 4) is 5.75 Å². The number of ether oxygens (including phenoxy) is 1. The van der Waals surface area contributed by atoms with Gasteiger partial charge >= 0.3 is 5.97 Å². The van der Waals surface area contributed by atoms with Crippen LogP contribution in [-0.2, 0) is 17.8 Å². The molecule has 0 fully saturated rings. The molecule has 0 radical (unpaired) electrons. The van der Waals surface area contributed by atoms with Gasteiger partial charge in [0.1, 0.15) is 5.75 Å². The van der Waals surface area contributed by atoms with Crippen molar-refractivity contribution in [3.63, 3.8) is 0 Å². The number of nitrogens with zero attached hydrogens (tertiary/aromatic N) is 2. The van der Waals surface area contributed by atoms with Gasteiger partial charge in [-0.1, -0.05) is 0 Å². The summed E-state index contributed by atoms with van der Waals surface area (Å²) in [5, 5.41) is 10.3. The Morgan fingerprint density at radius 2 is 1.53 bits per heavy atom. The molecule has 0 aliphatic heterocycles. The maximum absolute atomic E-state index is 11.7. The molecule has 19 heavy (non-hydrogen) atoms. The summed E-state index contributed by atoms with van der Waals surface area (Å²) < 4.78 is 4.75. The molecular weight excluding hydrogens is 244 g/mol. The van der Waals surface area contributed by atoms with Gasteiger partial charge in [-0.2, -0.15) is 0 Å². The van der Waals surface area contributed by atoms with Crippen LogP contribution in [0.15, 0.2) is 12.1 Å². The molecule has 0 bridgehead atoms. The Balaban J connectivity index is 3.25. The number of methoxy groups -OCH3 is 1. The summed E-state index contributed by atoms with van der Waals surface area (Å²) in [6.45, 7) is 1.13. The van der Waals surface area contributed by atoms with Gasteiger partial charge in [0.2, 0.25) is 0 Å². The van der Waals surface area contributed by atoms with Crippen LogP contribution in [0, 0.1) is 0 Å². The fourth-order valence-electron chi connectivity index (χ4n) is 1.92. The molecule has 0 amide bonds. The van der Waals surface area contributed by atoms with Crippen molar-refractivity contribution < 1.29 is 14.6 Å². The Bertz CT molecular complexity index is 425. The van der Waals surface area contributed by atoms with Gasteiger partial charge in [-0.15, -0.1) is 0 Å². The van der Waals surface area contributed by atoms with E-state index in [9.17, 15) is 9.90 Å². The van der Waals surface area contributed by atoms with Crippen LogP contribution in [0.25, 0.3) is 0 Å². The van der Waals surface area contributed by atoms with E-state index in [-0.39, 0.29) is 11.7 Å². The van der Waals surface area contributed by atoms with Crippen LogP contribution in [0.5, 0.6) is 5.75 Å². The summed E-state index contributed by atoms with van der Waals surface area (Å²) in [6.07, 6.45) is 0. The fraction of sp³-hybridized carbons (Fsp3) is 0.500. The highest BCUT2D eigenvalue weighted by Crippen LogP contribution is 2.27. The van der Waals surface area contributed by atoms with Crippen molar-refractivity contribution >= 4 is 5.97 Å². The zero-order chi connectivity index (χ0) is 14.6. The Kier molecular flexibility index (Phi) is 5.32. The van der Waals surface area contributed by atoms with Gasteiger partial charge in [0.25, 0.3) is 0 Å². The summed E-state index contributed by atoms with van der Waals surface area (Å²) in [4.78, 5) is 15.5. The maximum Gasteiger partial charge on any atom is 0.337 e. The lowest BCUT2D eigenvalue weighted by Gasteiger charge is -2.17. The van der Waals surface area contributed by atoms with Crippen molar-refractivity contribution in [2.45, 2.75) is 13.1 Å². The van der Waals surface area contributed by atoms with Crippen molar-refractivity contribution in [2.24, 2.45) is 0 Å². The van der Waals surface area contributed by atoms with E-state index >= 15 is 0 Å². The molecule has 106 valence electrons. The minimum atomic E-state index is -0.389. The normalized spacial score (nSPS) is 11.1. The minimum absolute atomic E-state index is 0.245. The summed E-state index contributed by atoms with van der Waals surface area (Å²) in [6, 6.07) is 3.36. The highest BCUT2D eigenvalue weighted by Gasteiger charge is 2.15. The summed E-state index contributed by atoms with van der Waals surface area (Å²) in [5.41, 5.74) is 1.92. The predicted octanol–water partition coefficient (Wildman–Crippen LogP) is 1.30. The number of hydrogen-bond acceptors (Lipinski definition) is 5. The minimum Gasteiger partial charge on any atom is -0.507 e. The molecule has 0 spiro atoms. The monoisotopic (exact) mass is 266 g/mol. The van der Waals surface area contributed by atoms with Crippen LogP contribution < -0.4 is 0 Å². The standard InChI is InChI=1S/C14H22N2O3/c1-15(2)8-11-6-10(14(18)19-5)7-12(13(11)17)9-16(3)4/h6-7,17H,8-9H2,1-5H3. The molecule has 0 aliphatic carbocycles. The van der Waals surface area contributed by atoms with Gasteiger partial charge in [-0.3, -0.25) is 0 Å². The SMILES string of the molecule is COC(=O)c1cc(CN(C)C)c(O)c(CN(C)C)c1. The lowest BCUT2D eigenvalue weighted by molar-refractivity contribution is 0.0600. The lowest BCUT2D eigenvalue weighted by Crippen LogP contribution is -2.15. The first-order valence-electron chi connectivity index (χ1n) is 6.07. The Morgan fingerprint density at radius 3 is 1.84 bits per heavy atom. The van der Waals surface area contributed by atoms with E-state index in [0.29, 0.717) is 18.7 Å². The second kappa shape index (κ2) is 6.54. The van der Waals surface area contributed by atoms with Crippen molar-refractivity contribution in [1.82, 2.24) is 9.80 Å². The third kappa shape index (κ3) is 4.22. The number of phenolic OH excluding ortho intramolecular Hbond substituents is 1. The summed E-state index contributed by atoms with van der Waals surface area (Å²) in [7, 11) is 9.00. The van der Waals surface area contributed by atoms with Gasteiger partial charge in [0, 0.05) is 24.2 Å². The van der Waals surface area contributed by atoms with Crippen molar-refractivity contribution in [3.05, 3.63) is 28.8 Å². The smallest absolute Gasteiger partial charge is 0.337 e. The highest BCUT2D eigenvalue weighted by atomic mass is 16.5. The average molecular weight is 266 g/mol. The number of hydrogen-bond donors (Lipinski definition) is 1. The number of benzene rings is 1. The van der Waals surface area contributed by atoms with Crippen LogP contribution in [-0.4, -0.2) is 56.2 Å². The maximum atomic E-state index is 11.7. The molecule has 1 rings (SSSR count). The van der Waals surface area contributed by atoms with Crippen LogP contribution >= 0.6 is 0 Å². The quantitative estimate of drug-likeness (QED) is 0.814. The largest absolute Gasteiger partial charge is 0.507 e. The first-order valence-corrected chi connectivity index (χ1v) is 6.07. The molecular formula is C14H22N2O3. The molecule has 0 saturated carbocycles. The van der Waals surface area contributed by atoms with E-state index in [1.807, 2.05) is 38.0 Å². The molecule has 1 aromatic rings. The number of carbonyl (C=O) groups excluding carboxylic acids is 1. The van der Waals surface area contributed by atoms with Gasteiger partial charge in [0.05, 0.1) is 12.7 Å². The number of rotatable bonds is 5. The molecule has 0 aromatic heterocycles. The molecule has 1 aromatic carbocycles. The Labute approximate surface area is 114 Å². The predicted molar refractivity (Wildman–Crippen MR) is 74.2 cm³/mol. The number of phenols is 1. The zero-order valence-corrected chi connectivity index (χ0v) is 12.2. The van der Waals surface area contributed by atoms with Gasteiger partial charge in [0.15, 0.2) is 0 Å². The molecule has 5 nitrogen and oxygen atoms in total. The van der Waals surface area contributed by atoms with E-state index in [4.69, 9.17) is 4.74 Å². The molecule has 0 aliphatic rings.